The number of aliphatic carboxylic acids is 1. The highest BCUT2D eigenvalue weighted by atomic mass is 16.7. The van der Waals surface area contributed by atoms with Crippen LogP contribution in [0.3, 0.4) is 0 Å². The zero-order valence-corrected chi connectivity index (χ0v) is 21.4. The van der Waals surface area contributed by atoms with Crippen LogP contribution in [0.5, 0.6) is 11.5 Å². The molecule has 2 aliphatic rings. The lowest BCUT2D eigenvalue weighted by molar-refractivity contribution is -0.143. The van der Waals surface area contributed by atoms with Crippen LogP contribution < -0.4 is 9.47 Å². The Labute approximate surface area is 218 Å². The fourth-order valence-corrected chi connectivity index (χ4v) is 5.42. The van der Waals surface area contributed by atoms with Crippen molar-refractivity contribution in [2.24, 2.45) is 5.92 Å². The minimum absolute atomic E-state index is 0.0274. The molecule has 0 radical (unpaired) electrons. The summed E-state index contributed by atoms with van der Waals surface area (Å²) in [6.45, 7) is 3.99. The number of amides is 1. The molecule has 2 N–H and O–H groups in total. The zero-order valence-electron chi connectivity index (χ0n) is 21.4. The monoisotopic (exact) mass is 511 g/mol. The summed E-state index contributed by atoms with van der Waals surface area (Å²) in [5, 5.41) is 19.7. The number of nitrogens with zero attached hydrogens (tertiary/aromatic N) is 3. The van der Waals surface area contributed by atoms with Crippen molar-refractivity contribution in [3.05, 3.63) is 53.9 Å². The summed E-state index contributed by atoms with van der Waals surface area (Å²) in [6.07, 6.45) is 5.31. The van der Waals surface area contributed by atoms with Crippen molar-refractivity contribution < 1.29 is 29.3 Å². The minimum atomic E-state index is -0.869. The van der Waals surface area contributed by atoms with Crippen LogP contribution in [0.1, 0.15) is 49.8 Å². The second kappa shape index (κ2) is 12.9. The Morgan fingerprint density at radius 2 is 1.95 bits per heavy atom. The Balaban J connectivity index is 1.59. The van der Waals surface area contributed by atoms with E-state index >= 15 is 0 Å². The summed E-state index contributed by atoms with van der Waals surface area (Å²) in [6, 6.07) is 11.0. The van der Waals surface area contributed by atoms with Crippen LogP contribution in [-0.4, -0.2) is 82.5 Å². The van der Waals surface area contributed by atoms with E-state index in [1.54, 1.807) is 11.1 Å². The lowest BCUT2D eigenvalue weighted by atomic mass is 9.83. The molecule has 0 saturated carbocycles. The molecule has 1 aromatic carbocycles. The number of aliphatic hydroxyl groups excluding tert-OH is 1. The average molecular weight is 512 g/mol. The van der Waals surface area contributed by atoms with Crippen molar-refractivity contribution in [1.82, 2.24) is 14.8 Å². The Kier molecular flexibility index (Phi) is 9.35. The number of carbonyl (C=O) groups is 2. The average Bonchev–Trinajstić information content (AvgIpc) is 3.52. The predicted molar refractivity (Wildman–Crippen MR) is 138 cm³/mol. The van der Waals surface area contributed by atoms with E-state index < -0.39 is 11.9 Å². The number of aliphatic hydroxyl groups is 1. The Morgan fingerprint density at radius 1 is 1.14 bits per heavy atom. The highest BCUT2D eigenvalue weighted by Gasteiger charge is 2.47. The van der Waals surface area contributed by atoms with Crippen molar-refractivity contribution in [3.63, 3.8) is 0 Å². The third-order valence-corrected chi connectivity index (χ3v) is 7.34. The molecule has 0 aliphatic carbocycles. The van der Waals surface area contributed by atoms with Gasteiger partial charge in [0.2, 0.25) is 12.7 Å². The molecule has 9 heteroatoms. The molecule has 37 heavy (non-hydrogen) atoms. The first-order valence-electron chi connectivity index (χ1n) is 13.2. The maximum atomic E-state index is 13.4. The molecule has 1 saturated heterocycles. The molecule has 1 amide bonds. The van der Waals surface area contributed by atoms with Gasteiger partial charge in [-0.1, -0.05) is 25.5 Å². The van der Waals surface area contributed by atoms with Crippen molar-refractivity contribution in [3.8, 4) is 11.5 Å². The summed E-state index contributed by atoms with van der Waals surface area (Å²) < 4.78 is 11.0. The van der Waals surface area contributed by atoms with Crippen molar-refractivity contribution in [2.75, 3.05) is 39.6 Å². The third-order valence-electron chi connectivity index (χ3n) is 7.34. The normalized spacial score (nSPS) is 20.8. The number of aryl methyl sites for hydroxylation is 1. The minimum Gasteiger partial charge on any atom is -0.481 e. The van der Waals surface area contributed by atoms with E-state index in [4.69, 9.17) is 9.47 Å². The Hall–Kier alpha value is -3.17. The largest absolute Gasteiger partial charge is 0.481 e. The van der Waals surface area contributed by atoms with E-state index in [9.17, 15) is 19.8 Å². The molecule has 4 rings (SSSR count). The van der Waals surface area contributed by atoms with Crippen molar-refractivity contribution in [1.29, 1.82) is 0 Å². The highest BCUT2D eigenvalue weighted by molar-refractivity contribution is 5.79. The molecule has 9 nitrogen and oxygen atoms in total. The van der Waals surface area contributed by atoms with E-state index in [1.807, 2.05) is 41.3 Å². The van der Waals surface area contributed by atoms with Crippen molar-refractivity contribution >= 4 is 11.9 Å². The standard InChI is InChI=1S/C28H37N3O6/c1-2-3-13-30(14-6-15-32)26(33)18-31-17-22(20-8-11-24-25(16-20)37-19-36-24)27(28(34)35)23(31)10-9-21-7-4-5-12-29-21/h4-5,7-8,11-12,16,22-23,27,32H,2-3,6,9-10,13-15,17-19H2,1H3,(H,34,35). The van der Waals surface area contributed by atoms with Gasteiger partial charge in [-0.25, -0.2) is 0 Å². The molecule has 2 aromatic rings. The first-order valence-corrected chi connectivity index (χ1v) is 13.2. The van der Waals surface area contributed by atoms with Gasteiger partial charge < -0.3 is 24.6 Å². The lowest BCUT2D eigenvalue weighted by Crippen LogP contribution is -2.45. The topological polar surface area (TPSA) is 112 Å². The molecule has 1 aromatic heterocycles. The Bertz CT molecular complexity index is 1040. The molecular formula is C28H37N3O6. The number of likely N-dealkylation sites (tertiary alicyclic amines) is 1. The number of benzene rings is 1. The number of ether oxygens (including phenoxy) is 2. The van der Waals surface area contributed by atoms with Gasteiger partial charge in [0, 0.05) is 50.1 Å². The predicted octanol–water partition coefficient (Wildman–Crippen LogP) is 2.92. The third kappa shape index (κ3) is 6.59. The summed E-state index contributed by atoms with van der Waals surface area (Å²) in [5.41, 5.74) is 1.77. The molecule has 2 aliphatic heterocycles. The van der Waals surface area contributed by atoms with E-state index in [0.717, 1.165) is 24.1 Å². The number of hydrogen-bond acceptors (Lipinski definition) is 7. The van der Waals surface area contributed by atoms with Crippen LogP contribution >= 0.6 is 0 Å². The first kappa shape index (κ1) is 26.9. The molecule has 3 atom stereocenters. The fourth-order valence-electron chi connectivity index (χ4n) is 5.42. The van der Waals surface area contributed by atoms with Gasteiger partial charge in [0.1, 0.15) is 0 Å². The van der Waals surface area contributed by atoms with Gasteiger partial charge in [-0.15, -0.1) is 0 Å². The number of carbonyl (C=O) groups excluding carboxylic acids is 1. The smallest absolute Gasteiger partial charge is 0.308 e. The summed E-state index contributed by atoms with van der Waals surface area (Å²) in [5.74, 6) is -0.598. The number of carboxylic acids is 1. The van der Waals surface area contributed by atoms with Gasteiger partial charge in [-0.2, -0.15) is 0 Å². The molecule has 1 fully saturated rings. The van der Waals surface area contributed by atoms with E-state index in [0.29, 0.717) is 50.4 Å². The zero-order chi connectivity index (χ0) is 26.2. The Morgan fingerprint density at radius 3 is 2.68 bits per heavy atom. The van der Waals surface area contributed by atoms with Gasteiger partial charge in [0.25, 0.3) is 0 Å². The molecular weight excluding hydrogens is 474 g/mol. The van der Waals surface area contributed by atoms with Crippen LogP contribution in [-0.2, 0) is 16.0 Å². The number of fused-ring (bicyclic) bond motifs is 1. The second-order valence-corrected chi connectivity index (χ2v) is 9.75. The van der Waals surface area contributed by atoms with Crippen LogP contribution in [0.4, 0.5) is 0 Å². The SMILES string of the molecule is CCCCN(CCCO)C(=O)CN1CC(c2ccc3c(c2)OCO3)C(C(=O)O)C1CCc1ccccn1. The van der Waals surface area contributed by atoms with Crippen LogP contribution in [0.15, 0.2) is 42.6 Å². The quantitative estimate of drug-likeness (QED) is 0.422. The number of pyridine rings is 1. The number of aromatic nitrogens is 1. The number of carboxylic acid groups (broad SMARTS) is 1. The van der Waals surface area contributed by atoms with Gasteiger partial charge in [-0.05, 0) is 55.5 Å². The number of rotatable bonds is 13. The van der Waals surface area contributed by atoms with Gasteiger partial charge in [-0.3, -0.25) is 19.5 Å². The number of unbranched alkanes of at least 4 members (excludes halogenated alkanes) is 1. The fraction of sp³-hybridized carbons (Fsp3) is 0.536. The first-order chi connectivity index (χ1) is 18.0. The van der Waals surface area contributed by atoms with Gasteiger partial charge in [0.05, 0.1) is 12.5 Å². The van der Waals surface area contributed by atoms with E-state index in [-0.39, 0.29) is 37.8 Å². The summed E-state index contributed by atoms with van der Waals surface area (Å²) in [7, 11) is 0. The lowest BCUT2D eigenvalue weighted by Gasteiger charge is -2.29. The van der Waals surface area contributed by atoms with Crippen LogP contribution in [0.25, 0.3) is 0 Å². The molecule has 0 bridgehead atoms. The second-order valence-electron chi connectivity index (χ2n) is 9.75. The molecule has 3 unspecified atom stereocenters. The van der Waals surface area contributed by atoms with Gasteiger partial charge >= 0.3 is 5.97 Å². The maximum absolute atomic E-state index is 13.4. The van der Waals surface area contributed by atoms with E-state index in [1.165, 1.54) is 0 Å². The van der Waals surface area contributed by atoms with Crippen LogP contribution in [0.2, 0.25) is 0 Å². The van der Waals surface area contributed by atoms with E-state index in [2.05, 4.69) is 11.9 Å². The highest BCUT2D eigenvalue weighted by Crippen LogP contribution is 2.43. The summed E-state index contributed by atoms with van der Waals surface area (Å²) >= 11 is 0. The molecule has 0 spiro atoms. The maximum Gasteiger partial charge on any atom is 0.308 e. The summed E-state index contributed by atoms with van der Waals surface area (Å²) in [4.78, 5) is 34.3. The molecule has 3 heterocycles. The van der Waals surface area contributed by atoms with Crippen molar-refractivity contribution in [2.45, 2.75) is 51.0 Å². The van der Waals surface area contributed by atoms with Crippen LogP contribution in [0, 0.1) is 5.92 Å². The number of hydrogen-bond donors (Lipinski definition) is 2. The van der Waals surface area contributed by atoms with Gasteiger partial charge in [0.15, 0.2) is 11.5 Å². The molecule has 200 valence electrons.